The number of aryl methyl sites for hydroxylation is 1. The zero-order chi connectivity index (χ0) is 19.7. The Labute approximate surface area is 168 Å². The molecule has 1 atom stereocenters. The molecule has 1 aromatic heterocycles. The van der Waals surface area contributed by atoms with Crippen molar-refractivity contribution in [1.29, 1.82) is 0 Å². The van der Waals surface area contributed by atoms with Gasteiger partial charge in [0.05, 0.1) is 24.4 Å². The summed E-state index contributed by atoms with van der Waals surface area (Å²) in [6, 6.07) is 7.24. The molecular weight excluding hydrogens is 376 g/mol. The molecule has 0 spiro atoms. The molecule has 2 aromatic rings. The quantitative estimate of drug-likeness (QED) is 0.763. The first-order valence-corrected chi connectivity index (χ1v) is 10.6. The van der Waals surface area contributed by atoms with E-state index in [2.05, 4.69) is 5.32 Å². The van der Waals surface area contributed by atoms with Gasteiger partial charge in [-0.2, -0.15) is 0 Å². The SMILES string of the molecule is CCOC(=O)c1c(NC(=O)N2CC(C)Oc3ccccc32)sc2c1CCCC2. The molecule has 1 aliphatic carbocycles. The summed E-state index contributed by atoms with van der Waals surface area (Å²) in [5.41, 5.74) is 2.31. The normalized spacial score (nSPS) is 17.9. The number of nitrogens with one attached hydrogen (secondary N) is 1. The van der Waals surface area contributed by atoms with Gasteiger partial charge in [-0.25, -0.2) is 9.59 Å². The van der Waals surface area contributed by atoms with Crippen LogP contribution >= 0.6 is 11.3 Å². The maximum atomic E-state index is 13.1. The Bertz CT molecular complexity index is 908. The number of hydrogen-bond acceptors (Lipinski definition) is 5. The van der Waals surface area contributed by atoms with Crippen molar-refractivity contribution < 1.29 is 19.1 Å². The number of amides is 2. The van der Waals surface area contributed by atoms with E-state index in [1.165, 1.54) is 16.2 Å². The van der Waals surface area contributed by atoms with Crippen LogP contribution < -0.4 is 15.0 Å². The smallest absolute Gasteiger partial charge is 0.341 e. The summed E-state index contributed by atoms with van der Waals surface area (Å²) in [6.07, 6.45) is 3.85. The Hall–Kier alpha value is -2.54. The Morgan fingerprint density at radius 3 is 2.89 bits per heavy atom. The van der Waals surface area contributed by atoms with Crippen LogP contribution in [0.4, 0.5) is 15.5 Å². The third kappa shape index (κ3) is 3.46. The minimum atomic E-state index is -0.354. The second kappa shape index (κ2) is 7.83. The number of esters is 1. The van der Waals surface area contributed by atoms with E-state index in [1.54, 1.807) is 11.8 Å². The molecule has 2 amide bonds. The number of benzene rings is 1. The number of hydrogen-bond donors (Lipinski definition) is 1. The number of thiophene rings is 1. The highest BCUT2D eigenvalue weighted by Gasteiger charge is 2.31. The molecule has 2 heterocycles. The lowest BCUT2D eigenvalue weighted by molar-refractivity contribution is 0.0526. The first-order chi connectivity index (χ1) is 13.6. The molecular formula is C21H24N2O4S. The standard InChI is InChI=1S/C21H24N2O4S/c1-3-26-20(24)18-14-8-4-7-11-17(14)28-19(18)22-21(25)23-12-13(2)27-16-10-6-5-9-15(16)23/h5-6,9-10,13H,3-4,7-8,11-12H2,1-2H3,(H,22,25). The highest BCUT2D eigenvalue weighted by atomic mass is 32.1. The number of para-hydroxylation sites is 2. The van der Waals surface area contributed by atoms with E-state index >= 15 is 0 Å². The molecule has 0 fully saturated rings. The number of urea groups is 1. The molecule has 0 saturated heterocycles. The van der Waals surface area contributed by atoms with Crippen molar-refractivity contribution >= 4 is 34.0 Å². The van der Waals surface area contributed by atoms with Crippen molar-refractivity contribution in [2.75, 3.05) is 23.4 Å². The van der Waals surface area contributed by atoms with Crippen LogP contribution in [-0.2, 0) is 17.6 Å². The van der Waals surface area contributed by atoms with Crippen molar-refractivity contribution in [2.45, 2.75) is 45.6 Å². The Balaban J connectivity index is 1.65. The fourth-order valence-corrected chi connectivity index (χ4v) is 5.09. The molecule has 1 aliphatic heterocycles. The molecule has 7 heteroatoms. The van der Waals surface area contributed by atoms with E-state index in [1.807, 2.05) is 31.2 Å². The maximum Gasteiger partial charge on any atom is 0.341 e. The maximum absolute atomic E-state index is 13.1. The highest BCUT2D eigenvalue weighted by molar-refractivity contribution is 7.17. The van der Waals surface area contributed by atoms with Gasteiger partial charge in [0.25, 0.3) is 0 Å². The highest BCUT2D eigenvalue weighted by Crippen LogP contribution is 2.39. The molecule has 0 radical (unpaired) electrons. The average molecular weight is 401 g/mol. The van der Waals surface area contributed by atoms with Gasteiger partial charge in [0, 0.05) is 4.88 Å². The molecule has 0 saturated carbocycles. The number of carbonyl (C=O) groups is 2. The summed E-state index contributed by atoms with van der Waals surface area (Å²) < 4.78 is 11.1. The summed E-state index contributed by atoms with van der Waals surface area (Å²) in [7, 11) is 0. The third-order valence-corrected chi connectivity index (χ3v) is 6.25. The topological polar surface area (TPSA) is 67.9 Å². The average Bonchev–Trinajstić information content (AvgIpc) is 3.05. The summed E-state index contributed by atoms with van der Waals surface area (Å²) >= 11 is 1.50. The van der Waals surface area contributed by atoms with Gasteiger partial charge in [0.1, 0.15) is 16.9 Å². The fourth-order valence-electron chi connectivity index (χ4n) is 3.82. The molecule has 0 bridgehead atoms. The van der Waals surface area contributed by atoms with Crippen molar-refractivity contribution in [3.05, 3.63) is 40.3 Å². The van der Waals surface area contributed by atoms with Gasteiger partial charge in [-0.3, -0.25) is 10.2 Å². The van der Waals surface area contributed by atoms with E-state index in [0.29, 0.717) is 29.5 Å². The number of nitrogens with zero attached hydrogens (tertiary/aromatic N) is 1. The number of rotatable bonds is 3. The minimum absolute atomic E-state index is 0.110. The number of ether oxygens (including phenoxy) is 2. The fraction of sp³-hybridized carbons (Fsp3) is 0.429. The van der Waals surface area contributed by atoms with Crippen LogP contribution in [0.25, 0.3) is 0 Å². The zero-order valence-electron chi connectivity index (χ0n) is 16.1. The van der Waals surface area contributed by atoms with Crippen molar-refractivity contribution in [3.8, 4) is 5.75 Å². The van der Waals surface area contributed by atoms with Crippen LogP contribution in [0.2, 0.25) is 0 Å². The number of anilines is 2. The summed E-state index contributed by atoms with van der Waals surface area (Å²) in [5.74, 6) is 0.334. The third-order valence-electron chi connectivity index (χ3n) is 5.04. The second-order valence-corrected chi connectivity index (χ2v) is 8.18. The van der Waals surface area contributed by atoms with Crippen molar-refractivity contribution in [2.24, 2.45) is 0 Å². The van der Waals surface area contributed by atoms with Gasteiger partial charge in [-0.1, -0.05) is 12.1 Å². The lowest BCUT2D eigenvalue weighted by Gasteiger charge is -2.33. The van der Waals surface area contributed by atoms with Crippen LogP contribution in [0.3, 0.4) is 0 Å². The second-order valence-electron chi connectivity index (χ2n) is 7.07. The summed E-state index contributed by atoms with van der Waals surface area (Å²) in [4.78, 5) is 28.6. The van der Waals surface area contributed by atoms with Gasteiger partial charge in [0.2, 0.25) is 0 Å². The van der Waals surface area contributed by atoms with Crippen LogP contribution in [0, 0.1) is 0 Å². The van der Waals surface area contributed by atoms with Crippen LogP contribution in [0.15, 0.2) is 24.3 Å². The van der Waals surface area contributed by atoms with Crippen LogP contribution in [0.1, 0.15) is 47.5 Å². The number of fused-ring (bicyclic) bond motifs is 2. The molecule has 1 N–H and O–H groups in total. The molecule has 148 valence electrons. The summed E-state index contributed by atoms with van der Waals surface area (Å²) in [6.45, 7) is 4.49. The first kappa shape index (κ1) is 18.8. The van der Waals surface area contributed by atoms with E-state index in [9.17, 15) is 9.59 Å². The van der Waals surface area contributed by atoms with Gasteiger partial charge in [-0.05, 0) is 57.2 Å². The van der Waals surface area contributed by atoms with Crippen LogP contribution in [0.5, 0.6) is 5.75 Å². The van der Waals surface area contributed by atoms with Crippen LogP contribution in [-0.4, -0.2) is 31.3 Å². The van der Waals surface area contributed by atoms with Crippen molar-refractivity contribution in [3.63, 3.8) is 0 Å². The molecule has 2 aliphatic rings. The predicted molar refractivity (Wildman–Crippen MR) is 110 cm³/mol. The van der Waals surface area contributed by atoms with Gasteiger partial charge < -0.3 is 9.47 Å². The molecule has 4 rings (SSSR count). The predicted octanol–water partition coefficient (Wildman–Crippen LogP) is 4.62. The largest absolute Gasteiger partial charge is 0.487 e. The van der Waals surface area contributed by atoms with Gasteiger partial charge in [-0.15, -0.1) is 11.3 Å². The summed E-state index contributed by atoms with van der Waals surface area (Å²) in [5, 5.41) is 3.58. The number of carbonyl (C=O) groups excluding carboxylic acids is 2. The van der Waals surface area contributed by atoms with Gasteiger partial charge >= 0.3 is 12.0 Å². The van der Waals surface area contributed by atoms with E-state index in [0.717, 1.165) is 36.9 Å². The zero-order valence-corrected chi connectivity index (χ0v) is 16.9. The minimum Gasteiger partial charge on any atom is -0.487 e. The Morgan fingerprint density at radius 2 is 2.07 bits per heavy atom. The Morgan fingerprint density at radius 1 is 1.29 bits per heavy atom. The first-order valence-electron chi connectivity index (χ1n) is 9.74. The van der Waals surface area contributed by atoms with Crippen molar-refractivity contribution in [1.82, 2.24) is 0 Å². The monoisotopic (exact) mass is 400 g/mol. The van der Waals surface area contributed by atoms with Gasteiger partial charge in [0.15, 0.2) is 0 Å². The lowest BCUT2D eigenvalue weighted by Crippen LogP contribution is -2.44. The molecule has 6 nitrogen and oxygen atoms in total. The van der Waals surface area contributed by atoms with E-state index < -0.39 is 0 Å². The lowest BCUT2D eigenvalue weighted by atomic mass is 9.95. The van der Waals surface area contributed by atoms with E-state index in [4.69, 9.17) is 9.47 Å². The molecule has 28 heavy (non-hydrogen) atoms. The van der Waals surface area contributed by atoms with E-state index in [-0.39, 0.29) is 18.1 Å². The molecule has 1 aromatic carbocycles. The Kier molecular flexibility index (Phi) is 5.26. The molecule has 1 unspecified atom stereocenters.